The van der Waals surface area contributed by atoms with E-state index in [4.69, 9.17) is 4.74 Å². The van der Waals surface area contributed by atoms with E-state index in [1.54, 1.807) is 20.4 Å². The number of pyridine rings is 1. The number of nitriles is 1. The third-order valence-corrected chi connectivity index (χ3v) is 3.58. The number of methoxy groups -OCH3 is 1. The molecule has 1 aromatic heterocycles. The highest BCUT2D eigenvalue weighted by molar-refractivity contribution is 5.69. The molecule has 0 N–H and O–H groups in total. The number of benzene rings is 1. The summed E-state index contributed by atoms with van der Waals surface area (Å²) >= 11 is 0. The first-order valence-electron chi connectivity index (χ1n) is 6.77. The summed E-state index contributed by atoms with van der Waals surface area (Å²) in [6.07, 6.45) is 2.62. The minimum atomic E-state index is -0.255. The van der Waals surface area contributed by atoms with E-state index < -0.39 is 0 Å². The van der Waals surface area contributed by atoms with E-state index in [1.807, 2.05) is 31.2 Å². The molecular weight excluding hydrogens is 264 g/mol. The predicted molar refractivity (Wildman–Crippen MR) is 82.2 cm³/mol. The molecule has 4 heteroatoms. The highest BCUT2D eigenvalue weighted by Gasteiger charge is 2.12. The van der Waals surface area contributed by atoms with Gasteiger partial charge in [0, 0.05) is 25.9 Å². The number of rotatable bonds is 4. The predicted octanol–water partition coefficient (Wildman–Crippen LogP) is 2.42. The van der Waals surface area contributed by atoms with Gasteiger partial charge in [0.25, 0.3) is 5.56 Å². The van der Waals surface area contributed by atoms with Crippen molar-refractivity contribution >= 4 is 0 Å². The van der Waals surface area contributed by atoms with E-state index in [2.05, 4.69) is 6.07 Å². The van der Waals surface area contributed by atoms with Crippen LogP contribution in [-0.4, -0.2) is 18.3 Å². The average Bonchev–Trinajstić information content (AvgIpc) is 2.50. The Hall–Kier alpha value is -2.38. The number of hydrogen-bond donors (Lipinski definition) is 0. The van der Waals surface area contributed by atoms with Crippen LogP contribution in [0.25, 0.3) is 11.1 Å². The van der Waals surface area contributed by atoms with Gasteiger partial charge in [-0.1, -0.05) is 24.3 Å². The fourth-order valence-electron chi connectivity index (χ4n) is 2.36. The monoisotopic (exact) mass is 282 g/mol. The Kier molecular flexibility index (Phi) is 4.56. The van der Waals surface area contributed by atoms with Gasteiger partial charge in [-0.15, -0.1) is 0 Å². The summed E-state index contributed by atoms with van der Waals surface area (Å²) in [5.41, 5.74) is 3.76. The van der Waals surface area contributed by atoms with Crippen LogP contribution in [0, 0.1) is 18.3 Å². The molecule has 0 aliphatic heterocycles. The van der Waals surface area contributed by atoms with Gasteiger partial charge in [0.2, 0.25) is 0 Å². The van der Waals surface area contributed by atoms with Crippen molar-refractivity contribution in [1.82, 2.24) is 4.57 Å². The topological polar surface area (TPSA) is 55.0 Å². The van der Waals surface area contributed by atoms with Gasteiger partial charge in [-0.05, 0) is 30.0 Å². The normalized spacial score (nSPS) is 10.4. The number of aryl methyl sites for hydroxylation is 1. The lowest BCUT2D eigenvalue weighted by Crippen LogP contribution is -2.21. The van der Waals surface area contributed by atoms with Crippen molar-refractivity contribution in [2.45, 2.75) is 13.3 Å². The highest BCUT2D eigenvalue weighted by Crippen LogP contribution is 2.24. The van der Waals surface area contributed by atoms with Crippen LogP contribution in [0.1, 0.15) is 16.7 Å². The Labute approximate surface area is 124 Å². The largest absolute Gasteiger partial charge is 0.384 e. The van der Waals surface area contributed by atoms with Gasteiger partial charge in [-0.2, -0.15) is 5.26 Å². The summed E-state index contributed by atoms with van der Waals surface area (Å²) in [6.45, 7) is 2.48. The van der Waals surface area contributed by atoms with Crippen molar-refractivity contribution in [3.8, 4) is 17.2 Å². The Morgan fingerprint density at radius 2 is 2.14 bits per heavy atom. The summed E-state index contributed by atoms with van der Waals surface area (Å²) < 4.78 is 6.56. The van der Waals surface area contributed by atoms with E-state index in [0.29, 0.717) is 6.61 Å². The highest BCUT2D eigenvalue weighted by atomic mass is 16.5. The van der Waals surface area contributed by atoms with Crippen LogP contribution in [0.3, 0.4) is 0 Å². The third kappa shape index (κ3) is 3.04. The van der Waals surface area contributed by atoms with Gasteiger partial charge in [-0.3, -0.25) is 4.79 Å². The minimum Gasteiger partial charge on any atom is -0.384 e. The lowest BCUT2D eigenvalue weighted by Gasteiger charge is -2.11. The molecule has 1 aromatic carbocycles. The Morgan fingerprint density at radius 1 is 1.38 bits per heavy atom. The van der Waals surface area contributed by atoms with Crippen LogP contribution in [0.15, 0.2) is 35.3 Å². The zero-order valence-corrected chi connectivity index (χ0v) is 12.5. The van der Waals surface area contributed by atoms with Crippen LogP contribution in [0.2, 0.25) is 0 Å². The van der Waals surface area contributed by atoms with Gasteiger partial charge in [0.05, 0.1) is 6.61 Å². The quantitative estimate of drug-likeness (QED) is 0.865. The maximum absolute atomic E-state index is 11.9. The van der Waals surface area contributed by atoms with Crippen LogP contribution in [0.5, 0.6) is 0 Å². The second kappa shape index (κ2) is 6.38. The van der Waals surface area contributed by atoms with E-state index in [0.717, 1.165) is 23.1 Å². The molecule has 1 heterocycles. The summed E-state index contributed by atoms with van der Waals surface area (Å²) in [5.74, 6) is 0. The van der Waals surface area contributed by atoms with E-state index in [-0.39, 0.29) is 11.1 Å². The molecule has 108 valence electrons. The molecule has 0 fully saturated rings. The zero-order valence-electron chi connectivity index (χ0n) is 12.5. The third-order valence-electron chi connectivity index (χ3n) is 3.58. The number of nitrogens with zero attached hydrogens (tertiary/aromatic N) is 2. The summed E-state index contributed by atoms with van der Waals surface area (Å²) in [6, 6.07) is 10.1. The Balaban J connectivity index is 2.55. The lowest BCUT2D eigenvalue weighted by molar-refractivity contribution is 0.202. The Morgan fingerprint density at radius 3 is 2.81 bits per heavy atom. The average molecular weight is 282 g/mol. The molecule has 0 atom stereocenters. The zero-order chi connectivity index (χ0) is 15.4. The molecule has 0 bridgehead atoms. The minimum absolute atomic E-state index is 0.206. The van der Waals surface area contributed by atoms with Gasteiger partial charge in [0.1, 0.15) is 11.6 Å². The van der Waals surface area contributed by atoms with Crippen molar-refractivity contribution in [3.05, 3.63) is 57.5 Å². The fraction of sp³-hybridized carbons (Fsp3) is 0.294. The first kappa shape index (κ1) is 15.0. The van der Waals surface area contributed by atoms with Gasteiger partial charge in [-0.25, -0.2) is 0 Å². The van der Waals surface area contributed by atoms with E-state index in [1.165, 1.54) is 10.1 Å². The molecule has 0 saturated heterocycles. The second-order valence-corrected chi connectivity index (χ2v) is 5.01. The number of hydrogen-bond acceptors (Lipinski definition) is 3. The number of ether oxygens (including phenoxy) is 1. The summed E-state index contributed by atoms with van der Waals surface area (Å²) in [4.78, 5) is 11.9. The maximum atomic E-state index is 11.9. The first-order valence-corrected chi connectivity index (χ1v) is 6.77. The van der Waals surface area contributed by atoms with Crippen molar-refractivity contribution in [2.24, 2.45) is 7.05 Å². The maximum Gasteiger partial charge on any atom is 0.268 e. The molecule has 0 saturated carbocycles. The molecule has 0 amide bonds. The van der Waals surface area contributed by atoms with E-state index in [9.17, 15) is 10.1 Å². The molecule has 4 nitrogen and oxygen atoms in total. The van der Waals surface area contributed by atoms with E-state index >= 15 is 0 Å². The van der Waals surface area contributed by atoms with Crippen LogP contribution in [-0.2, 0) is 18.2 Å². The summed E-state index contributed by atoms with van der Waals surface area (Å²) in [7, 11) is 3.35. The van der Waals surface area contributed by atoms with Gasteiger partial charge < -0.3 is 9.30 Å². The van der Waals surface area contributed by atoms with Crippen molar-refractivity contribution in [2.75, 3.05) is 13.7 Å². The first-order chi connectivity index (χ1) is 10.1. The smallest absolute Gasteiger partial charge is 0.268 e. The SMILES string of the molecule is COCCc1cccc(-c2cn(C)c(=O)c(C#N)c2C)c1. The molecule has 2 rings (SSSR count). The number of aromatic nitrogens is 1. The van der Waals surface area contributed by atoms with Gasteiger partial charge in [0.15, 0.2) is 0 Å². The molecule has 21 heavy (non-hydrogen) atoms. The summed E-state index contributed by atoms with van der Waals surface area (Å²) in [5, 5.41) is 9.19. The van der Waals surface area contributed by atoms with Gasteiger partial charge >= 0.3 is 0 Å². The van der Waals surface area contributed by atoms with Crippen LogP contribution >= 0.6 is 0 Å². The molecule has 2 aromatic rings. The molecule has 0 aliphatic rings. The molecular formula is C17H18N2O2. The standard InChI is InChI=1S/C17H18N2O2/c1-12-15(10-18)17(20)19(2)11-16(12)14-6-4-5-13(9-14)7-8-21-3/h4-6,9,11H,7-8H2,1-3H3. The fourth-order valence-corrected chi connectivity index (χ4v) is 2.36. The van der Waals surface area contributed by atoms with Crippen LogP contribution in [0.4, 0.5) is 0 Å². The van der Waals surface area contributed by atoms with Crippen molar-refractivity contribution < 1.29 is 4.74 Å². The molecule has 0 aliphatic carbocycles. The Bertz CT molecular complexity index is 754. The van der Waals surface area contributed by atoms with Crippen LogP contribution < -0.4 is 5.56 Å². The second-order valence-electron chi connectivity index (χ2n) is 5.01. The lowest BCUT2D eigenvalue weighted by atomic mass is 9.97. The van der Waals surface area contributed by atoms with Crippen molar-refractivity contribution in [1.29, 1.82) is 5.26 Å². The van der Waals surface area contributed by atoms with Crippen molar-refractivity contribution in [3.63, 3.8) is 0 Å². The molecule has 0 unspecified atom stereocenters. The molecule has 0 radical (unpaired) electrons. The molecule has 0 spiro atoms.